The number of nitrogens with two attached hydrogens (primary N) is 1. The van der Waals surface area contributed by atoms with E-state index in [1.165, 1.54) is 5.57 Å². The first-order chi connectivity index (χ1) is 4.29. The summed E-state index contributed by atoms with van der Waals surface area (Å²) in [6, 6.07) is 0. The third-order valence-electron chi connectivity index (χ3n) is 1.42. The molecule has 0 fully saturated rings. The van der Waals surface area contributed by atoms with E-state index in [4.69, 9.17) is 5.73 Å². The van der Waals surface area contributed by atoms with Crippen LogP contribution < -0.4 is 5.73 Å². The highest BCUT2D eigenvalue weighted by molar-refractivity contribution is 5.92. The lowest BCUT2D eigenvalue weighted by atomic mass is 10.2. The van der Waals surface area contributed by atoms with Gasteiger partial charge in [0.25, 0.3) is 0 Å². The first kappa shape index (κ1) is 6.33. The Morgan fingerprint density at radius 2 is 2.44 bits per heavy atom. The molecule has 1 aliphatic heterocycles. The average Bonchev–Trinajstić information content (AvgIpc) is 1.93. The lowest BCUT2D eigenvalue weighted by Crippen LogP contribution is -2.07. The molecule has 2 heteroatoms. The quantitative estimate of drug-likeness (QED) is 0.515. The van der Waals surface area contributed by atoms with E-state index in [9.17, 15) is 0 Å². The second kappa shape index (κ2) is 2.67. The van der Waals surface area contributed by atoms with Crippen molar-refractivity contribution in [3.8, 4) is 0 Å². The summed E-state index contributed by atoms with van der Waals surface area (Å²) in [5.41, 5.74) is 6.84. The molecular weight excluding hydrogens is 112 g/mol. The highest BCUT2D eigenvalue weighted by Gasteiger charge is 1.96. The van der Waals surface area contributed by atoms with E-state index in [1.807, 2.05) is 6.08 Å². The second-order valence-electron chi connectivity index (χ2n) is 2.40. The molecule has 0 aromatic rings. The first-order valence-corrected chi connectivity index (χ1v) is 3.26. The summed E-state index contributed by atoms with van der Waals surface area (Å²) in [5.74, 6) is 0.685. The van der Waals surface area contributed by atoms with Crippen LogP contribution in [-0.4, -0.2) is 12.4 Å². The van der Waals surface area contributed by atoms with Crippen LogP contribution in [0.5, 0.6) is 0 Å². The topological polar surface area (TPSA) is 38.4 Å². The number of aliphatic imine (C=N–C) groups is 1. The normalized spacial score (nSPS) is 20.1. The van der Waals surface area contributed by atoms with Crippen LogP contribution in [0.15, 0.2) is 16.6 Å². The van der Waals surface area contributed by atoms with Crippen LogP contribution in [0.4, 0.5) is 0 Å². The summed E-state index contributed by atoms with van der Waals surface area (Å²) >= 11 is 0. The van der Waals surface area contributed by atoms with Crippen LogP contribution in [-0.2, 0) is 0 Å². The molecule has 0 aromatic heterocycles. The molecule has 0 atom stereocenters. The van der Waals surface area contributed by atoms with E-state index in [0.717, 1.165) is 19.4 Å². The summed E-state index contributed by atoms with van der Waals surface area (Å²) in [5, 5.41) is 0. The molecule has 0 radical (unpaired) electrons. The van der Waals surface area contributed by atoms with E-state index in [2.05, 4.69) is 11.9 Å². The predicted molar refractivity (Wildman–Crippen MR) is 39.5 cm³/mol. The monoisotopic (exact) mass is 124 g/mol. The molecule has 1 rings (SSSR count). The maximum atomic E-state index is 5.50. The smallest absolute Gasteiger partial charge is 0.118 e. The Kier molecular flexibility index (Phi) is 1.88. The van der Waals surface area contributed by atoms with Crippen molar-refractivity contribution in [2.75, 3.05) is 6.54 Å². The van der Waals surface area contributed by atoms with Gasteiger partial charge in [-0.15, -0.1) is 0 Å². The molecule has 0 aliphatic carbocycles. The molecule has 1 heterocycles. The molecule has 2 N–H and O–H groups in total. The Morgan fingerprint density at radius 3 is 3.22 bits per heavy atom. The molecule has 0 amide bonds. The van der Waals surface area contributed by atoms with Crippen molar-refractivity contribution in [3.05, 3.63) is 11.6 Å². The van der Waals surface area contributed by atoms with E-state index >= 15 is 0 Å². The number of hydrogen-bond acceptors (Lipinski definition) is 2. The van der Waals surface area contributed by atoms with Crippen LogP contribution in [0.3, 0.4) is 0 Å². The molecule has 50 valence electrons. The maximum absolute atomic E-state index is 5.50. The first-order valence-electron chi connectivity index (χ1n) is 3.26. The van der Waals surface area contributed by atoms with Crippen LogP contribution in [0, 0.1) is 0 Å². The molecule has 0 spiro atoms. The van der Waals surface area contributed by atoms with Gasteiger partial charge >= 0.3 is 0 Å². The van der Waals surface area contributed by atoms with Gasteiger partial charge in [0.2, 0.25) is 0 Å². The Labute approximate surface area is 55.5 Å². The number of hydrogen-bond donors (Lipinski definition) is 1. The van der Waals surface area contributed by atoms with Gasteiger partial charge < -0.3 is 5.73 Å². The zero-order chi connectivity index (χ0) is 6.69. The van der Waals surface area contributed by atoms with Crippen molar-refractivity contribution < 1.29 is 0 Å². The Balaban J connectivity index is 2.67. The largest absolute Gasteiger partial charge is 0.384 e. The Bertz CT molecular complexity index is 156. The molecular formula is C7H12N2. The minimum Gasteiger partial charge on any atom is -0.384 e. The summed E-state index contributed by atoms with van der Waals surface area (Å²) < 4.78 is 0. The second-order valence-corrected chi connectivity index (χ2v) is 2.40. The van der Waals surface area contributed by atoms with Gasteiger partial charge in [-0.1, -0.05) is 5.57 Å². The van der Waals surface area contributed by atoms with Crippen LogP contribution in [0.25, 0.3) is 0 Å². The molecule has 0 aromatic carbocycles. The summed E-state index contributed by atoms with van der Waals surface area (Å²) in [4.78, 5) is 4.09. The third kappa shape index (κ3) is 1.88. The molecule has 0 saturated heterocycles. The third-order valence-corrected chi connectivity index (χ3v) is 1.42. The van der Waals surface area contributed by atoms with E-state index in [0.29, 0.717) is 5.84 Å². The number of rotatable bonds is 0. The fraction of sp³-hybridized carbons (Fsp3) is 0.571. The van der Waals surface area contributed by atoms with E-state index in [-0.39, 0.29) is 0 Å². The van der Waals surface area contributed by atoms with Gasteiger partial charge in [0, 0.05) is 6.54 Å². The standard InChI is InChI=1S/C7H12N2/c1-6-3-2-4-9-7(8)5-6/h5H,2-4H2,1H3,(H2,8,9). The fourth-order valence-electron chi connectivity index (χ4n) is 0.936. The molecule has 1 aliphatic rings. The highest BCUT2D eigenvalue weighted by atomic mass is 14.8. The Morgan fingerprint density at radius 1 is 1.67 bits per heavy atom. The summed E-state index contributed by atoms with van der Waals surface area (Å²) in [6.45, 7) is 2.98. The van der Waals surface area contributed by atoms with Crippen molar-refractivity contribution in [1.29, 1.82) is 0 Å². The van der Waals surface area contributed by atoms with Crippen LogP contribution in [0.1, 0.15) is 19.8 Å². The van der Waals surface area contributed by atoms with Crippen LogP contribution >= 0.6 is 0 Å². The maximum Gasteiger partial charge on any atom is 0.118 e. The highest BCUT2D eigenvalue weighted by Crippen LogP contribution is 2.06. The van der Waals surface area contributed by atoms with Gasteiger partial charge in [0.15, 0.2) is 0 Å². The van der Waals surface area contributed by atoms with Crippen molar-refractivity contribution in [2.45, 2.75) is 19.8 Å². The zero-order valence-electron chi connectivity index (χ0n) is 5.72. The van der Waals surface area contributed by atoms with Gasteiger partial charge in [-0.2, -0.15) is 0 Å². The van der Waals surface area contributed by atoms with Crippen molar-refractivity contribution in [1.82, 2.24) is 0 Å². The lowest BCUT2D eigenvalue weighted by molar-refractivity contribution is 0.835. The van der Waals surface area contributed by atoms with Gasteiger partial charge in [0.1, 0.15) is 5.84 Å². The van der Waals surface area contributed by atoms with Crippen LogP contribution in [0.2, 0.25) is 0 Å². The molecule has 0 bridgehead atoms. The molecule has 2 nitrogen and oxygen atoms in total. The van der Waals surface area contributed by atoms with E-state index in [1.54, 1.807) is 0 Å². The SMILES string of the molecule is CC1=CC(N)=NCCC1. The predicted octanol–water partition coefficient (Wildman–Crippen LogP) is 1.08. The fourth-order valence-corrected chi connectivity index (χ4v) is 0.936. The molecule has 9 heavy (non-hydrogen) atoms. The van der Waals surface area contributed by atoms with Crippen molar-refractivity contribution >= 4 is 5.84 Å². The summed E-state index contributed by atoms with van der Waals surface area (Å²) in [7, 11) is 0. The van der Waals surface area contributed by atoms with Crippen molar-refractivity contribution in [3.63, 3.8) is 0 Å². The minimum absolute atomic E-state index is 0.685. The van der Waals surface area contributed by atoms with Gasteiger partial charge in [-0.25, -0.2) is 0 Å². The number of amidine groups is 1. The summed E-state index contributed by atoms with van der Waals surface area (Å²) in [6.07, 6.45) is 4.24. The van der Waals surface area contributed by atoms with Gasteiger partial charge in [-0.3, -0.25) is 4.99 Å². The van der Waals surface area contributed by atoms with E-state index < -0.39 is 0 Å². The number of nitrogens with zero attached hydrogens (tertiary/aromatic N) is 1. The minimum atomic E-state index is 0.685. The number of allylic oxidation sites excluding steroid dienone is 1. The van der Waals surface area contributed by atoms with Gasteiger partial charge in [0.05, 0.1) is 0 Å². The lowest BCUT2D eigenvalue weighted by Gasteiger charge is -1.91. The average molecular weight is 124 g/mol. The molecule has 0 saturated carbocycles. The zero-order valence-corrected chi connectivity index (χ0v) is 5.72. The van der Waals surface area contributed by atoms with Crippen molar-refractivity contribution in [2.24, 2.45) is 10.7 Å². The molecule has 0 unspecified atom stereocenters. The van der Waals surface area contributed by atoms with Gasteiger partial charge in [-0.05, 0) is 25.8 Å². The Hall–Kier alpha value is -0.790.